The van der Waals surface area contributed by atoms with Gasteiger partial charge in [0, 0.05) is 12.2 Å². The summed E-state index contributed by atoms with van der Waals surface area (Å²) in [5.41, 5.74) is 13.6. The third kappa shape index (κ3) is 4.27. The Balaban J connectivity index is 2.49. The van der Waals surface area contributed by atoms with Crippen molar-refractivity contribution in [1.82, 2.24) is 4.90 Å². The fourth-order valence-electron chi connectivity index (χ4n) is 2.94. The molecule has 1 aliphatic heterocycles. The topological polar surface area (TPSA) is 29.3 Å². The van der Waals surface area contributed by atoms with E-state index in [1.165, 1.54) is 27.8 Å². The summed E-state index contributed by atoms with van der Waals surface area (Å²) >= 11 is 0. The van der Waals surface area contributed by atoms with Gasteiger partial charge >= 0.3 is 0 Å². The lowest BCUT2D eigenvalue weighted by Crippen LogP contribution is -2.25. The molecule has 1 aromatic carbocycles. The number of allylic oxidation sites excluding steroid dienone is 4. The van der Waals surface area contributed by atoms with Crippen LogP contribution < -0.4 is 5.73 Å². The highest BCUT2D eigenvalue weighted by Gasteiger charge is 2.24. The Kier molecular flexibility index (Phi) is 6.22. The summed E-state index contributed by atoms with van der Waals surface area (Å²) < 4.78 is 0. The first-order valence-corrected chi connectivity index (χ1v) is 8.71. The Morgan fingerprint density at radius 2 is 1.92 bits per heavy atom. The van der Waals surface area contributed by atoms with Crippen LogP contribution in [0.1, 0.15) is 44.4 Å². The lowest BCUT2D eigenvalue weighted by atomic mass is 9.92. The van der Waals surface area contributed by atoms with Gasteiger partial charge < -0.3 is 5.73 Å². The van der Waals surface area contributed by atoms with Crippen molar-refractivity contribution in [2.24, 2.45) is 5.73 Å². The number of rotatable bonds is 4. The average molecular weight is 322 g/mol. The van der Waals surface area contributed by atoms with Gasteiger partial charge in [-0.1, -0.05) is 60.6 Å². The second kappa shape index (κ2) is 8.16. The van der Waals surface area contributed by atoms with Gasteiger partial charge in [-0.05, 0) is 57.0 Å². The van der Waals surface area contributed by atoms with Crippen molar-refractivity contribution in [3.8, 4) is 0 Å². The molecule has 1 heterocycles. The predicted molar refractivity (Wildman–Crippen MR) is 105 cm³/mol. The molecule has 0 saturated carbocycles. The molecule has 0 spiro atoms. The third-order valence-corrected chi connectivity index (χ3v) is 4.81. The molecule has 0 amide bonds. The molecule has 1 atom stereocenters. The van der Waals surface area contributed by atoms with Gasteiger partial charge in [-0.15, -0.1) is 0 Å². The molecule has 2 rings (SSSR count). The van der Waals surface area contributed by atoms with Crippen molar-refractivity contribution >= 4 is 0 Å². The molecule has 0 aliphatic carbocycles. The Bertz CT molecular complexity index is 687. The van der Waals surface area contributed by atoms with Crippen molar-refractivity contribution < 1.29 is 0 Å². The number of benzene rings is 1. The van der Waals surface area contributed by atoms with Gasteiger partial charge in [0.15, 0.2) is 0 Å². The molecule has 2 nitrogen and oxygen atoms in total. The van der Waals surface area contributed by atoms with Crippen LogP contribution in [-0.4, -0.2) is 18.5 Å². The van der Waals surface area contributed by atoms with Crippen molar-refractivity contribution in [2.45, 2.75) is 40.2 Å². The largest absolute Gasteiger partial charge is 0.399 e. The zero-order valence-corrected chi connectivity index (χ0v) is 15.6. The number of hydrogen-bond acceptors (Lipinski definition) is 2. The molecule has 2 N–H and O–H groups in total. The van der Waals surface area contributed by atoms with E-state index in [4.69, 9.17) is 5.73 Å². The van der Waals surface area contributed by atoms with E-state index in [1.54, 1.807) is 0 Å². The summed E-state index contributed by atoms with van der Waals surface area (Å²) in [6.07, 6.45) is 9.76. The Morgan fingerprint density at radius 3 is 2.54 bits per heavy atom. The van der Waals surface area contributed by atoms with E-state index in [9.17, 15) is 0 Å². The SMILES string of the molecule is CCC(C)=C/C=C\C1=C(C)C(N)=CCN(C)C1c1ccc(C)cc1. The summed E-state index contributed by atoms with van der Waals surface area (Å²) in [6, 6.07) is 9.04. The van der Waals surface area contributed by atoms with Crippen LogP contribution in [0.25, 0.3) is 0 Å². The monoisotopic (exact) mass is 322 g/mol. The van der Waals surface area contributed by atoms with Crippen molar-refractivity contribution in [3.63, 3.8) is 0 Å². The summed E-state index contributed by atoms with van der Waals surface area (Å²) in [4.78, 5) is 2.35. The van der Waals surface area contributed by atoms with E-state index < -0.39 is 0 Å². The van der Waals surface area contributed by atoms with Crippen LogP contribution >= 0.6 is 0 Å². The van der Waals surface area contributed by atoms with Gasteiger partial charge in [0.05, 0.1) is 6.04 Å². The van der Waals surface area contributed by atoms with Gasteiger partial charge in [0.2, 0.25) is 0 Å². The molecule has 24 heavy (non-hydrogen) atoms. The van der Waals surface area contributed by atoms with Gasteiger partial charge in [0.25, 0.3) is 0 Å². The van der Waals surface area contributed by atoms with Gasteiger partial charge in [0.1, 0.15) is 0 Å². The zero-order valence-electron chi connectivity index (χ0n) is 15.6. The van der Waals surface area contributed by atoms with E-state index in [2.05, 4.69) is 88.2 Å². The van der Waals surface area contributed by atoms with E-state index in [-0.39, 0.29) is 6.04 Å². The second-order valence-corrected chi connectivity index (χ2v) is 6.72. The van der Waals surface area contributed by atoms with E-state index in [0.717, 1.165) is 18.7 Å². The van der Waals surface area contributed by atoms with Crippen LogP contribution in [-0.2, 0) is 0 Å². The first-order valence-electron chi connectivity index (χ1n) is 8.71. The fourth-order valence-corrected chi connectivity index (χ4v) is 2.94. The minimum atomic E-state index is 0.217. The summed E-state index contributed by atoms with van der Waals surface area (Å²) in [7, 11) is 2.16. The molecule has 128 valence electrons. The predicted octanol–water partition coefficient (Wildman–Crippen LogP) is 5.05. The Hall–Kier alpha value is -2.06. The van der Waals surface area contributed by atoms with E-state index in [1.807, 2.05) is 0 Å². The van der Waals surface area contributed by atoms with Crippen LogP contribution in [0.2, 0.25) is 0 Å². The number of hydrogen-bond donors (Lipinski definition) is 1. The van der Waals surface area contributed by atoms with Crippen LogP contribution in [0.3, 0.4) is 0 Å². The summed E-state index contributed by atoms with van der Waals surface area (Å²) in [5, 5.41) is 0. The Morgan fingerprint density at radius 1 is 1.25 bits per heavy atom. The van der Waals surface area contributed by atoms with Crippen molar-refractivity contribution in [2.75, 3.05) is 13.6 Å². The maximum absolute atomic E-state index is 6.28. The third-order valence-electron chi connectivity index (χ3n) is 4.81. The smallest absolute Gasteiger partial charge is 0.0605 e. The highest BCUT2D eigenvalue weighted by Crippen LogP contribution is 2.34. The molecular weight excluding hydrogens is 292 g/mol. The molecule has 1 unspecified atom stereocenters. The van der Waals surface area contributed by atoms with E-state index >= 15 is 0 Å². The summed E-state index contributed by atoms with van der Waals surface area (Å²) in [6.45, 7) is 9.45. The Labute approximate surface area is 147 Å². The maximum atomic E-state index is 6.28. The standard InChI is InChI=1S/C22H30N2/c1-6-16(2)8-7-9-20-18(4)21(23)14-15-24(5)22(20)19-12-10-17(3)11-13-19/h7-14,22H,6,15,23H2,1-5H3/b9-7-,16-8?. The molecule has 0 bridgehead atoms. The zero-order chi connectivity index (χ0) is 17.7. The number of likely N-dealkylation sites (N-methyl/N-ethyl adjacent to an activating group) is 1. The normalized spacial score (nSPS) is 20.5. The number of nitrogens with two attached hydrogens (primary N) is 1. The second-order valence-electron chi connectivity index (χ2n) is 6.72. The fraction of sp³-hybridized carbons (Fsp3) is 0.364. The lowest BCUT2D eigenvalue weighted by molar-refractivity contribution is 0.310. The highest BCUT2D eigenvalue weighted by molar-refractivity contribution is 5.46. The molecule has 1 aromatic rings. The molecule has 0 aromatic heterocycles. The van der Waals surface area contributed by atoms with Gasteiger partial charge in [-0.3, -0.25) is 4.90 Å². The van der Waals surface area contributed by atoms with Crippen LogP contribution in [0, 0.1) is 6.92 Å². The first-order chi connectivity index (χ1) is 11.4. The molecule has 1 aliphatic rings. The van der Waals surface area contributed by atoms with E-state index in [0.29, 0.717) is 0 Å². The quantitative estimate of drug-likeness (QED) is 0.786. The van der Waals surface area contributed by atoms with Gasteiger partial charge in [-0.2, -0.15) is 0 Å². The van der Waals surface area contributed by atoms with Crippen LogP contribution in [0.15, 0.2) is 71.0 Å². The molecule has 0 radical (unpaired) electrons. The average Bonchev–Trinajstić information content (AvgIpc) is 2.68. The van der Waals surface area contributed by atoms with Crippen molar-refractivity contribution in [3.05, 3.63) is 82.1 Å². The minimum Gasteiger partial charge on any atom is -0.399 e. The maximum Gasteiger partial charge on any atom is 0.0605 e. The lowest BCUT2D eigenvalue weighted by Gasteiger charge is -2.28. The molecule has 0 fully saturated rings. The molecule has 0 saturated heterocycles. The van der Waals surface area contributed by atoms with Crippen LogP contribution in [0.4, 0.5) is 0 Å². The summed E-state index contributed by atoms with van der Waals surface area (Å²) in [5.74, 6) is 0. The number of nitrogens with zero attached hydrogens (tertiary/aromatic N) is 1. The molecule has 2 heteroatoms. The number of aryl methyl sites for hydroxylation is 1. The first kappa shape index (κ1) is 18.3. The minimum absolute atomic E-state index is 0.217. The highest BCUT2D eigenvalue weighted by atomic mass is 15.1. The van der Waals surface area contributed by atoms with Gasteiger partial charge in [-0.25, -0.2) is 0 Å². The van der Waals surface area contributed by atoms with Crippen molar-refractivity contribution in [1.29, 1.82) is 0 Å². The van der Waals surface area contributed by atoms with Crippen LogP contribution in [0.5, 0.6) is 0 Å². The molecular formula is C22H30N2.